The molecule has 1 aromatic carbocycles. The quantitative estimate of drug-likeness (QED) is 0.445. The van der Waals surface area contributed by atoms with Gasteiger partial charge in [0.2, 0.25) is 0 Å². The molecule has 6 rings (SSSR count). The molecule has 3 saturated carbocycles. The van der Waals surface area contributed by atoms with Crippen molar-refractivity contribution in [2.45, 2.75) is 84.1 Å². The van der Waals surface area contributed by atoms with Crippen molar-refractivity contribution in [3.8, 4) is 0 Å². The Bertz CT molecular complexity index is 1100. The maximum absolute atomic E-state index is 4.40. The van der Waals surface area contributed by atoms with Gasteiger partial charge in [-0.15, -0.1) is 0 Å². The third-order valence-electron chi connectivity index (χ3n) is 11.7. The summed E-state index contributed by atoms with van der Waals surface area (Å²) in [6, 6.07) is 10.1. The van der Waals surface area contributed by atoms with Gasteiger partial charge >= 0.3 is 0 Å². The lowest BCUT2D eigenvalue weighted by Crippen LogP contribution is -2.55. The molecule has 0 amide bonds. The second-order valence-electron chi connectivity index (χ2n) is 12.9. The van der Waals surface area contributed by atoms with Gasteiger partial charge in [-0.1, -0.05) is 44.6 Å². The zero-order valence-corrected chi connectivity index (χ0v) is 21.4. The molecule has 2 aromatic rings. The number of aromatic nitrogens is 1. The number of nitrogens with zero attached hydrogens (tertiary/aromatic N) is 2. The third kappa shape index (κ3) is 2.98. The van der Waals surface area contributed by atoms with Crippen LogP contribution in [0.3, 0.4) is 0 Å². The number of hydrogen-bond donors (Lipinski definition) is 0. The van der Waals surface area contributed by atoms with E-state index in [4.69, 9.17) is 0 Å². The van der Waals surface area contributed by atoms with Crippen molar-refractivity contribution in [2.24, 2.45) is 28.1 Å². The summed E-state index contributed by atoms with van der Waals surface area (Å²) in [5.41, 5.74) is 4.63. The van der Waals surface area contributed by atoms with Gasteiger partial charge in [-0.05, 0) is 123 Å². The molecule has 0 saturated heterocycles. The highest BCUT2D eigenvalue weighted by Crippen LogP contribution is 2.73. The summed E-state index contributed by atoms with van der Waals surface area (Å²) >= 11 is 0. The highest BCUT2D eigenvalue weighted by molar-refractivity contribution is 5.82. The second-order valence-corrected chi connectivity index (χ2v) is 12.9. The van der Waals surface area contributed by atoms with Crippen molar-refractivity contribution in [3.63, 3.8) is 0 Å². The van der Waals surface area contributed by atoms with Crippen molar-refractivity contribution >= 4 is 10.8 Å². The van der Waals surface area contributed by atoms with Gasteiger partial charge in [-0.3, -0.25) is 4.98 Å². The van der Waals surface area contributed by atoms with E-state index in [0.717, 1.165) is 17.9 Å². The molecule has 0 bridgehead atoms. The zero-order chi connectivity index (χ0) is 23.0. The molecule has 0 radical (unpaired) electrons. The molecule has 2 nitrogen and oxygen atoms in total. The topological polar surface area (TPSA) is 16.1 Å². The Morgan fingerprint density at radius 3 is 2.52 bits per heavy atom. The zero-order valence-electron chi connectivity index (χ0n) is 21.4. The van der Waals surface area contributed by atoms with Crippen LogP contribution < -0.4 is 0 Å². The predicted molar refractivity (Wildman–Crippen MR) is 138 cm³/mol. The van der Waals surface area contributed by atoms with Gasteiger partial charge in [0.25, 0.3) is 0 Å². The molecule has 7 atom stereocenters. The molecular formula is C31H42N2. The van der Waals surface area contributed by atoms with Crippen LogP contribution in [-0.2, 0) is 0 Å². The fraction of sp³-hybridized carbons (Fsp3) is 0.645. The van der Waals surface area contributed by atoms with Crippen molar-refractivity contribution in [2.75, 3.05) is 14.1 Å². The van der Waals surface area contributed by atoms with E-state index in [-0.39, 0.29) is 0 Å². The number of rotatable bonds is 2. The van der Waals surface area contributed by atoms with E-state index in [0.29, 0.717) is 22.2 Å². The number of hydrogen-bond acceptors (Lipinski definition) is 2. The van der Waals surface area contributed by atoms with Crippen LogP contribution in [0.15, 0.2) is 48.3 Å². The molecule has 2 heteroatoms. The highest BCUT2D eigenvalue weighted by Gasteiger charge is 2.64. The molecule has 4 aliphatic rings. The Morgan fingerprint density at radius 1 is 0.879 bits per heavy atom. The molecule has 33 heavy (non-hydrogen) atoms. The van der Waals surface area contributed by atoms with E-state index in [2.05, 4.69) is 75.1 Å². The number of allylic oxidation sites excluding steroid dienone is 1. The van der Waals surface area contributed by atoms with Crippen molar-refractivity contribution in [1.29, 1.82) is 0 Å². The minimum absolute atomic E-state index is 0.395. The monoisotopic (exact) mass is 442 g/mol. The largest absolute Gasteiger partial charge is 0.306 e. The second kappa shape index (κ2) is 7.41. The Labute approximate surface area is 200 Å². The summed E-state index contributed by atoms with van der Waals surface area (Å²) in [4.78, 5) is 6.86. The van der Waals surface area contributed by atoms with Crippen molar-refractivity contribution < 1.29 is 0 Å². The first-order valence-electron chi connectivity index (χ1n) is 13.5. The van der Waals surface area contributed by atoms with Crippen molar-refractivity contribution in [3.05, 3.63) is 53.9 Å². The van der Waals surface area contributed by atoms with Gasteiger partial charge in [-0.2, -0.15) is 0 Å². The van der Waals surface area contributed by atoms with Crippen LogP contribution in [0.1, 0.15) is 83.6 Å². The van der Waals surface area contributed by atoms with Crippen LogP contribution in [0.25, 0.3) is 10.8 Å². The number of benzene rings is 1. The summed E-state index contributed by atoms with van der Waals surface area (Å²) in [5, 5.41) is 2.62. The Hall–Kier alpha value is -1.67. The van der Waals surface area contributed by atoms with Crippen LogP contribution in [0.2, 0.25) is 0 Å². The van der Waals surface area contributed by atoms with Crippen LogP contribution in [-0.4, -0.2) is 30.0 Å². The molecule has 1 heterocycles. The molecule has 1 unspecified atom stereocenters. The maximum Gasteiger partial charge on any atom is 0.0346 e. The lowest BCUT2D eigenvalue weighted by Gasteiger charge is -2.62. The molecule has 0 N–H and O–H groups in total. The number of fused-ring (bicyclic) bond motifs is 6. The smallest absolute Gasteiger partial charge is 0.0346 e. The molecule has 176 valence electrons. The molecule has 0 aliphatic heterocycles. The Balaban J connectivity index is 1.34. The average molecular weight is 443 g/mol. The fourth-order valence-electron chi connectivity index (χ4n) is 9.32. The van der Waals surface area contributed by atoms with Gasteiger partial charge < -0.3 is 4.90 Å². The molecular weight excluding hydrogens is 400 g/mol. The lowest BCUT2D eigenvalue weighted by atomic mass is 9.42. The van der Waals surface area contributed by atoms with Gasteiger partial charge in [0.1, 0.15) is 0 Å². The van der Waals surface area contributed by atoms with E-state index in [9.17, 15) is 0 Å². The fourth-order valence-corrected chi connectivity index (χ4v) is 9.32. The van der Waals surface area contributed by atoms with E-state index < -0.39 is 0 Å². The Kier molecular flexibility index (Phi) is 4.90. The predicted octanol–water partition coefficient (Wildman–Crippen LogP) is 7.60. The summed E-state index contributed by atoms with van der Waals surface area (Å²) in [7, 11) is 4.54. The lowest BCUT2D eigenvalue weighted by molar-refractivity contribution is -0.0961. The first kappa shape index (κ1) is 21.8. The van der Waals surface area contributed by atoms with Crippen LogP contribution in [0.5, 0.6) is 0 Å². The van der Waals surface area contributed by atoms with Crippen LogP contribution >= 0.6 is 0 Å². The summed E-state index contributed by atoms with van der Waals surface area (Å²) < 4.78 is 0. The molecule has 4 aliphatic carbocycles. The minimum Gasteiger partial charge on any atom is -0.306 e. The molecule has 0 spiro atoms. The van der Waals surface area contributed by atoms with Gasteiger partial charge in [0.15, 0.2) is 0 Å². The van der Waals surface area contributed by atoms with E-state index in [1.165, 1.54) is 62.1 Å². The van der Waals surface area contributed by atoms with Gasteiger partial charge in [-0.25, -0.2) is 0 Å². The number of pyridine rings is 1. The van der Waals surface area contributed by atoms with Crippen LogP contribution in [0.4, 0.5) is 0 Å². The third-order valence-corrected chi connectivity index (χ3v) is 11.7. The van der Waals surface area contributed by atoms with Gasteiger partial charge in [0, 0.05) is 23.8 Å². The standard InChI is InChI=1S/C31H42N2/c1-29-14-10-25(33(4)5)19-24(29)8-9-28-27(29)12-16-30(2)26(11-15-31(28,30)3)22-7-6-21-13-17-32-20-23(21)18-22/h6-8,13,17-18,20,25-28H,9-12,14-16,19H2,1-5H3/t25-,26+,27?,28+,29-,30+,31-/m0/s1. The van der Waals surface area contributed by atoms with Gasteiger partial charge in [0.05, 0.1) is 0 Å². The minimum atomic E-state index is 0.395. The average Bonchev–Trinajstić information content (AvgIpc) is 3.09. The van der Waals surface area contributed by atoms with Crippen LogP contribution in [0, 0.1) is 28.1 Å². The maximum atomic E-state index is 4.40. The summed E-state index contributed by atoms with van der Waals surface area (Å²) in [5.74, 6) is 2.39. The highest BCUT2D eigenvalue weighted by atomic mass is 15.1. The first-order valence-corrected chi connectivity index (χ1v) is 13.5. The van der Waals surface area contributed by atoms with E-state index in [1.54, 1.807) is 11.1 Å². The van der Waals surface area contributed by atoms with E-state index in [1.807, 2.05) is 12.4 Å². The summed E-state index contributed by atoms with van der Waals surface area (Å²) in [6.07, 6.45) is 17.6. The molecule has 1 aromatic heterocycles. The van der Waals surface area contributed by atoms with Crippen molar-refractivity contribution in [1.82, 2.24) is 9.88 Å². The normalized spacial score (nSPS) is 42.5. The Morgan fingerprint density at radius 2 is 1.70 bits per heavy atom. The first-order chi connectivity index (χ1) is 15.8. The SMILES string of the molecule is CN(C)[C@H]1CC[C@@]2(C)C(=CC[C@@H]3C2CC[C@]2(C)[C@@H](c4ccc5ccncc5c4)CC[C@@]32C)C1. The van der Waals surface area contributed by atoms with E-state index >= 15 is 0 Å². The molecule has 3 fully saturated rings. The summed E-state index contributed by atoms with van der Waals surface area (Å²) in [6.45, 7) is 8.01.